The van der Waals surface area contributed by atoms with Crippen molar-refractivity contribution in [2.45, 2.75) is 182 Å². The minimum atomic E-state index is 0.657. The molecule has 0 amide bonds. The van der Waals surface area contributed by atoms with Crippen molar-refractivity contribution in [3.8, 4) is 0 Å². The minimum Gasteiger partial charge on any atom is -0.342 e. The molecule has 0 aliphatic rings. The molecule has 2 aromatic heterocycles. The van der Waals surface area contributed by atoms with E-state index in [1.165, 1.54) is 128 Å². The smallest absolute Gasteiger partial charge is 0.245 e. The molecule has 0 aromatic carbocycles. The monoisotopic (exact) mass is 589 g/mol. The Morgan fingerprint density at radius 1 is 0.429 bits per heavy atom. The Hall–Kier alpha value is -1.66. The van der Waals surface area contributed by atoms with Gasteiger partial charge in [0.15, 0.2) is 13.5 Å². The van der Waals surface area contributed by atoms with Crippen LogP contribution in [-0.4, -0.2) is 22.3 Å². The Bertz CT molecular complexity index is 766. The largest absolute Gasteiger partial charge is 0.342 e. The summed E-state index contributed by atoms with van der Waals surface area (Å²) in [6.07, 6.45) is 42.5. The molecule has 0 saturated carbocycles. The third-order valence-electron chi connectivity index (χ3n) is 8.34. The molecule has 42 heavy (non-hydrogen) atoms. The summed E-state index contributed by atoms with van der Waals surface area (Å²) in [5.74, 6) is 0. The van der Waals surface area contributed by atoms with Crippen LogP contribution in [0, 0.1) is 0 Å². The Morgan fingerprint density at radius 2 is 0.762 bits per heavy atom. The lowest BCUT2D eigenvalue weighted by molar-refractivity contribution is -0.732. The minimum absolute atomic E-state index is 0.657. The highest BCUT2D eigenvalue weighted by Gasteiger charge is 2.05. The number of hydrogen-bond acceptors (Lipinski definition) is 2. The number of imidazole rings is 2. The molecule has 0 atom stereocenters. The van der Waals surface area contributed by atoms with Crippen LogP contribution in [0.5, 0.6) is 0 Å². The number of hydrogen-bond donors (Lipinski definition) is 0. The summed E-state index contributed by atoms with van der Waals surface area (Å²) in [5, 5.41) is 0. The molecule has 2 aromatic rings. The fourth-order valence-electron chi connectivity index (χ4n) is 5.61. The lowest BCUT2D eigenvalue weighted by Crippen LogP contribution is -2.32. The number of nitrogens with zero attached hydrogens (tertiary/aromatic N) is 4. The molecule has 0 spiro atoms. The van der Waals surface area contributed by atoms with Crippen molar-refractivity contribution in [2.24, 2.45) is 0 Å². The molecular formula is C36H68N4O2+2. The second-order valence-corrected chi connectivity index (χ2v) is 12.5. The molecule has 0 saturated heterocycles. The second-order valence-electron chi connectivity index (χ2n) is 12.5. The first-order valence-electron chi connectivity index (χ1n) is 18.1. The Kier molecular flexibility index (Phi) is 23.4. The van der Waals surface area contributed by atoms with Gasteiger partial charge in [0.2, 0.25) is 12.7 Å². The van der Waals surface area contributed by atoms with E-state index in [0.717, 1.165) is 39.1 Å². The van der Waals surface area contributed by atoms with E-state index >= 15 is 0 Å². The number of rotatable bonds is 31. The zero-order chi connectivity index (χ0) is 29.8. The molecule has 0 bridgehead atoms. The molecule has 0 aliphatic carbocycles. The van der Waals surface area contributed by atoms with Gasteiger partial charge in [-0.3, -0.25) is 0 Å². The van der Waals surface area contributed by atoms with Gasteiger partial charge < -0.3 is 9.47 Å². The van der Waals surface area contributed by atoms with Crippen LogP contribution in [0.15, 0.2) is 37.4 Å². The van der Waals surface area contributed by atoms with Crippen LogP contribution in [0.4, 0.5) is 0 Å². The van der Waals surface area contributed by atoms with Gasteiger partial charge in [0, 0.05) is 0 Å². The van der Waals surface area contributed by atoms with E-state index in [2.05, 4.69) is 69.6 Å². The van der Waals surface area contributed by atoms with E-state index in [-0.39, 0.29) is 0 Å². The third-order valence-corrected chi connectivity index (χ3v) is 8.34. The van der Waals surface area contributed by atoms with Gasteiger partial charge in [-0.05, 0) is 38.5 Å². The normalized spacial score (nSPS) is 11.6. The second kappa shape index (κ2) is 26.9. The fourth-order valence-corrected chi connectivity index (χ4v) is 5.61. The van der Waals surface area contributed by atoms with E-state index in [1.807, 2.05) is 0 Å². The van der Waals surface area contributed by atoms with Gasteiger partial charge in [-0.25, -0.2) is 18.3 Å². The summed E-state index contributed by atoms with van der Waals surface area (Å²) >= 11 is 0. The van der Waals surface area contributed by atoms with Crippen LogP contribution in [0.3, 0.4) is 0 Å². The number of aryl methyl sites for hydroxylation is 2. The highest BCUT2D eigenvalue weighted by atomic mass is 16.5. The highest BCUT2D eigenvalue weighted by molar-refractivity contribution is 4.66. The number of aromatic nitrogens is 4. The summed E-state index contributed by atoms with van der Waals surface area (Å²) in [5.41, 5.74) is 0. The van der Waals surface area contributed by atoms with Gasteiger partial charge in [0.25, 0.3) is 0 Å². The summed E-state index contributed by atoms with van der Waals surface area (Å²) in [4.78, 5) is 0. The maximum atomic E-state index is 5.90. The van der Waals surface area contributed by atoms with E-state index in [0.29, 0.717) is 13.5 Å². The van der Waals surface area contributed by atoms with E-state index in [4.69, 9.17) is 9.47 Å². The van der Waals surface area contributed by atoms with Crippen molar-refractivity contribution in [1.29, 1.82) is 0 Å². The average molecular weight is 589 g/mol. The summed E-state index contributed by atoms with van der Waals surface area (Å²) in [6, 6.07) is 0. The first-order chi connectivity index (χ1) is 20.8. The molecule has 2 rings (SSSR count). The van der Waals surface area contributed by atoms with Crippen molar-refractivity contribution in [2.75, 3.05) is 13.2 Å². The SMILES string of the molecule is CCCCCCCCCCCn1cc[n+](COCCCCCCOC[n+]2ccn(CCCCCCCCCCC)c2)c1. The first kappa shape index (κ1) is 36.5. The van der Waals surface area contributed by atoms with Crippen LogP contribution < -0.4 is 9.13 Å². The number of unbranched alkanes of at least 4 members (excludes halogenated alkanes) is 19. The van der Waals surface area contributed by atoms with Crippen LogP contribution in [-0.2, 0) is 36.0 Å². The quantitative estimate of drug-likeness (QED) is 0.0650. The molecule has 6 nitrogen and oxygen atoms in total. The Balaban J connectivity index is 1.33. The fraction of sp³-hybridized carbons (Fsp3) is 0.833. The maximum Gasteiger partial charge on any atom is 0.245 e. The van der Waals surface area contributed by atoms with Crippen molar-refractivity contribution in [3.05, 3.63) is 37.4 Å². The predicted octanol–water partition coefficient (Wildman–Crippen LogP) is 9.14. The van der Waals surface area contributed by atoms with Gasteiger partial charge >= 0.3 is 0 Å². The lowest BCUT2D eigenvalue weighted by atomic mass is 10.1. The van der Waals surface area contributed by atoms with Gasteiger partial charge in [0.05, 0.1) is 26.3 Å². The molecule has 0 fully saturated rings. The van der Waals surface area contributed by atoms with E-state index in [1.54, 1.807) is 0 Å². The number of ether oxygens (including phenoxy) is 2. The molecule has 2 heterocycles. The van der Waals surface area contributed by atoms with Gasteiger partial charge in [-0.15, -0.1) is 0 Å². The van der Waals surface area contributed by atoms with Crippen LogP contribution >= 0.6 is 0 Å². The zero-order valence-electron chi connectivity index (χ0n) is 27.9. The topological polar surface area (TPSA) is 36.1 Å². The summed E-state index contributed by atoms with van der Waals surface area (Å²) in [7, 11) is 0. The lowest BCUT2D eigenvalue weighted by Gasteiger charge is -2.03. The van der Waals surface area contributed by atoms with Crippen LogP contribution in [0.2, 0.25) is 0 Å². The molecule has 242 valence electrons. The predicted molar refractivity (Wildman–Crippen MR) is 174 cm³/mol. The van der Waals surface area contributed by atoms with E-state index < -0.39 is 0 Å². The zero-order valence-corrected chi connectivity index (χ0v) is 27.9. The molecular weight excluding hydrogens is 520 g/mol. The Morgan fingerprint density at radius 3 is 1.14 bits per heavy atom. The van der Waals surface area contributed by atoms with Crippen LogP contribution in [0.25, 0.3) is 0 Å². The summed E-state index contributed by atoms with van der Waals surface area (Å²) in [6.45, 7) is 9.79. The molecule has 6 heteroatoms. The first-order valence-corrected chi connectivity index (χ1v) is 18.1. The van der Waals surface area contributed by atoms with Crippen LogP contribution in [0.1, 0.15) is 155 Å². The third kappa shape index (κ3) is 20.3. The van der Waals surface area contributed by atoms with Crippen molar-refractivity contribution < 1.29 is 18.6 Å². The maximum absolute atomic E-state index is 5.90. The molecule has 0 unspecified atom stereocenters. The Labute approximate surface area is 259 Å². The molecule has 0 N–H and O–H groups in total. The standard InChI is InChI=1S/C36H68N4O2/c1-3-5-7-9-11-13-15-17-21-25-37-27-29-39(33-37)35-41-31-23-19-20-24-32-42-36-40-30-28-38(34-40)26-22-18-16-14-12-10-8-6-4-2/h27-30,33-34H,3-26,31-32,35-36H2,1-2H3/q+2. The van der Waals surface area contributed by atoms with E-state index in [9.17, 15) is 0 Å². The highest BCUT2D eigenvalue weighted by Crippen LogP contribution is 2.11. The van der Waals surface area contributed by atoms with Gasteiger partial charge in [0.1, 0.15) is 24.8 Å². The van der Waals surface area contributed by atoms with Crippen molar-refractivity contribution in [3.63, 3.8) is 0 Å². The van der Waals surface area contributed by atoms with Crippen molar-refractivity contribution in [1.82, 2.24) is 9.13 Å². The van der Waals surface area contributed by atoms with Gasteiger partial charge in [-0.2, -0.15) is 0 Å². The van der Waals surface area contributed by atoms with Gasteiger partial charge in [-0.1, -0.05) is 117 Å². The average Bonchev–Trinajstić information content (AvgIpc) is 3.65. The molecule has 0 radical (unpaired) electrons. The van der Waals surface area contributed by atoms with Crippen molar-refractivity contribution >= 4 is 0 Å². The molecule has 0 aliphatic heterocycles. The summed E-state index contributed by atoms with van der Waals surface area (Å²) < 4.78 is 20.7.